The lowest BCUT2D eigenvalue weighted by atomic mass is 10.1. The third kappa shape index (κ3) is 2.90. The zero-order valence-electron chi connectivity index (χ0n) is 7.96. The van der Waals surface area contributed by atoms with Gasteiger partial charge in [-0.25, -0.2) is 4.79 Å². The SMILES string of the molecule is Nc1cccc(C(=O)O)c1C#CCCCl. The quantitative estimate of drug-likeness (QED) is 0.458. The van der Waals surface area contributed by atoms with E-state index in [2.05, 4.69) is 11.8 Å². The molecule has 1 rings (SSSR count). The number of hydrogen-bond acceptors (Lipinski definition) is 2. The molecule has 0 amide bonds. The first-order valence-corrected chi connectivity index (χ1v) is 4.87. The molecule has 0 fully saturated rings. The molecule has 0 aliphatic carbocycles. The molecule has 0 bridgehead atoms. The van der Waals surface area contributed by atoms with Crippen LogP contribution in [0, 0.1) is 11.8 Å². The first-order chi connectivity index (χ1) is 7.16. The number of carbonyl (C=O) groups is 1. The van der Waals surface area contributed by atoms with Crippen LogP contribution in [0.4, 0.5) is 5.69 Å². The smallest absolute Gasteiger partial charge is 0.337 e. The lowest BCUT2D eigenvalue weighted by Crippen LogP contribution is -2.03. The van der Waals surface area contributed by atoms with Crippen LogP contribution in [0.3, 0.4) is 0 Å². The first kappa shape index (κ1) is 11.4. The number of aromatic carboxylic acids is 1. The van der Waals surface area contributed by atoms with Gasteiger partial charge in [-0.3, -0.25) is 0 Å². The van der Waals surface area contributed by atoms with E-state index in [1.165, 1.54) is 6.07 Å². The van der Waals surface area contributed by atoms with Gasteiger partial charge in [-0.2, -0.15) is 0 Å². The summed E-state index contributed by atoms with van der Waals surface area (Å²) in [5.74, 6) is 4.87. The minimum atomic E-state index is -1.03. The average molecular weight is 224 g/mol. The Bertz CT molecular complexity index is 432. The maximum atomic E-state index is 10.9. The van der Waals surface area contributed by atoms with Gasteiger partial charge in [0, 0.05) is 18.0 Å². The Kier molecular flexibility index (Phi) is 4.02. The summed E-state index contributed by atoms with van der Waals surface area (Å²) in [6.45, 7) is 0. The van der Waals surface area contributed by atoms with Crippen molar-refractivity contribution in [3.05, 3.63) is 29.3 Å². The van der Waals surface area contributed by atoms with Crippen LogP contribution in [0.1, 0.15) is 22.3 Å². The molecule has 3 nitrogen and oxygen atoms in total. The molecule has 0 spiro atoms. The molecule has 15 heavy (non-hydrogen) atoms. The van der Waals surface area contributed by atoms with Crippen LogP contribution in [0.15, 0.2) is 18.2 Å². The average Bonchev–Trinajstić information content (AvgIpc) is 2.20. The van der Waals surface area contributed by atoms with E-state index in [9.17, 15) is 4.79 Å². The van der Waals surface area contributed by atoms with Crippen molar-refractivity contribution in [1.29, 1.82) is 0 Å². The fraction of sp³-hybridized carbons (Fsp3) is 0.182. The molecule has 0 aromatic heterocycles. The summed E-state index contributed by atoms with van der Waals surface area (Å²) in [6, 6.07) is 4.69. The summed E-state index contributed by atoms with van der Waals surface area (Å²) in [7, 11) is 0. The van der Waals surface area contributed by atoms with Crippen LogP contribution in [0.25, 0.3) is 0 Å². The Morgan fingerprint density at radius 1 is 1.53 bits per heavy atom. The fourth-order valence-electron chi connectivity index (χ4n) is 1.09. The number of alkyl halides is 1. The van der Waals surface area contributed by atoms with Gasteiger partial charge in [-0.1, -0.05) is 17.9 Å². The number of anilines is 1. The second-order valence-electron chi connectivity index (χ2n) is 2.82. The van der Waals surface area contributed by atoms with Gasteiger partial charge in [0.15, 0.2) is 0 Å². The van der Waals surface area contributed by atoms with Crippen molar-refractivity contribution in [3.63, 3.8) is 0 Å². The van der Waals surface area contributed by atoms with Crippen molar-refractivity contribution in [3.8, 4) is 11.8 Å². The van der Waals surface area contributed by atoms with Crippen LogP contribution in [-0.4, -0.2) is 17.0 Å². The molecule has 0 aliphatic rings. The summed E-state index contributed by atoms with van der Waals surface area (Å²) in [5.41, 5.74) is 6.49. The molecule has 0 atom stereocenters. The number of carboxylic acids is 1. The van der Waals surface area contributed by atoms with E-state index >= 15 is 0 Å². The highest BCUT2D eigenvalue weighted by Crippen LogP contribution is 2.15. The lowest BCUT2D eigenvalue weighted by molar-refractivity contribution is 0.0696. The molecular formula is C11H10ClNO2. The Morgan fingerprint density at radius 3 is 2.87 bits per heavy atom. The molecule has 4 heteroatoms. The van der Waals surface area contributed by atoms with Crippen LogP contribution in [0.5, 0.6) is 0 Å². The molecule has 0 unspecified atom stereocenters. The van der Waals surface area contributed by atoms with E-state index in [0.29, 0.717) is 23.6 Å². The van der Waals surface area contributed by atoms with E-state index < -0.39 is 5.97 Å². The lowest BCUT2D eigenvalue weighted by Gasteiger charge is -2.01. The van der Waals surface area contributed by atoms with Crippen molar-refractivity contribution in [2.75, 3.05) is 11.6 Å². The number of rotatable bonds is 2. The van der Waals surface area contributed by atoms with E-state index in [1.807, 2.05) is 0 Å². The largest absolute Gasteiger partial charge is 0.478 e. The molecule has 0 saturated carbocycles. The summed E-state index contributed by atoms with van der Waals surface area (Å²) in [6.07, 6.45) is 0.509. The Hall–Kier alpha value is -1.66. The van der Waals surface area contributed by atoms with Crippen molar-refractivity contribution in [2.45, 2.75) is 6.42 Å². The van der Waals surface area contributed by atoms with Crippen LogP contribution < -0.4 is 5.73 Å². The number of benzene rings is 1. The third-order valence-corrected chi connectivity index (χ3v) is 1.95. The predicted octanol–water partition coefficient (Wildman–Crippen LogP) is 1.95. The minimum Gasteiger partial charge on any atom is -0.478 e. The Balaban J connectivity index is 3.15. The van der Waals surface area contributed by atoms with Crippen molar-refractivity contribution in [1.82, 2.24) is 0 Å². The van der Waals surface area contributed by atoms with Gasteiger partial charge in [0.1, 0.15) is 0 Å². The Morgan fingerprint density at radius 2 is 2.27 bits per heavy atom. The summed E-state index contributed by atoms with van der Waals surface area (Å²) in [4.78, 5) is 10.9. The zero-order valence-corrected chi connectivity index (χ0v) is 8.71. The van der Waals surface area contributed by atoms with Gasteiger partial charge < -0.3 is 10.8 Å². The Labute approximate surface area is 92.9 Å². The third-order valence-electron chi connectivity index (χ3n) is 1.76. The highest BCUT2D eigenvalue weighted by molar-refractivity contribution is 6.18. The van der Waals surface area contributed by atoms with E-state index in [4.69, 9.17) is 22.4 Å². The molecule has 3 N–H and O–H groups in total. The van der Waals surface area contributed by atoms with E-state index in [0.717, 1.165) is 0 Å². The summed E-state index contributed by atoms with van der Waals surface area (Å²) in [5, 5.41) is 8.90. The fourth-order valence-corrected chi connectivity index (χ4v) is 1.18. The van der Waals surface area contributed by atoms with Crippen LogP contribution >= 0.6 is 11.6 Å². The molecule has 1 aromatic carbocycles. The molecule has 0 radical (unpaired) electrons. The highest BCUT2D eigenvalue weighted by Gasteiger charge is 2.09. The number of nitrogen functional groups attached to an aromatic ring is 1. The van der Waals surface area contributed by atoms with Crippen molar-refractivity contribution in [2.24, 2.45) is 0 Å². The van der Waals surface area contributed by atoms with E-state index in [1.54, 1.807) is 12.1 Å². The number of halogens is 1. The molecular weight excluding hydrogens is 214 g/mol. The predicted molar refractivity (Wildman–Crippen MR) is 60.0 cm³/mol. The molecule has 0 saturated heterocycles. The first-order valence-electron chi connectivity index (χ1n) is 4.33. The van der Waals surface area contributed by atoms with Gasteiger partial charge in [0.2, 0.25) is 0 Å². The summed E-state index contributed by atoms with van der Waals surface area (Å²) < 4.78 is 0. The molecule has 1 aromatic rings. The van der Waals surface area contributed by atoms with Gasteiger partial charge in [-0.05, 0) is 12.1 Å². The normalized spacial score (nSPS) is 9.13. The van der Waals surface area contributed by atoms with Crippen molar-refractivity contribution >= 4 is 23.3 Å². The van der Waals surface area contributed by atoms with E-state index in [-0.39, 0.29) is 5.56 Å². The summed E-state index contributed by atoms with van der Waals surface area (Å²) >= 11 is 5.46. The zero-order chi connectivity index (χ0) is 11.3. The maximum absolute atomic E-state index is 10.9. The number of carboxylic acid groups (broad SMARTS) is 1. The van der Waals surface area contributed by atoms with Crippen LogP contribution in [0.2, 0.25) is 0 Å². The topological polar surface area (TPSA) is 63.3 Å². The minimum absolute atomic E-state index is 0.122. The number of nitrogens with two attached hydrogens (primary N) is 1. The van der Waals surface area contributed by atoms with Gasteiger partial charge in [-0.15, -0.1) is 11.6 Å². The van der Waals surface area contributed by atoms with Crippen molar-refractivity contribution < 1.29 is 9.90 Å². The standard InChI is InChI=1S/C11H10ClNO2/c12-7-2-1-4-8-9(11(14)15)5-3-6-10(8)13/h3,5-6H,2,7,13H2,(H,14,15). The second kappa shape index (κ2) is 5.28. The van der Waals surface area contributed by atoms with Gasteiger partial charge in [0.05, 0.1) is 11.1 Å². The van der Waals surface area contributed by atoms with Crippen LogP contribution in [-0.2, 0) is 0 Å². The molecule has 0 heterocycles. The van der Waals surface area contributed by atoms with Gasteiger partial charge >= 0.3 is 5.97 Å². The highest BCUT2D eigenvalue weighted by atomic mass is 35.5. The second-order valence-corrected chi connectivity index (χ2v) is 3.19. The molecule has 78 valence electrons. The monoisotopic (exact) mass is 223 g/mol. The number of hydrogen-bond donors (Lipinski definition) is 2. The maximum Gasteiger partial charge on any atom is 0.337 e. The molecule has 0 aliphatic heterocycles. The van der Waals surface area contributed by atoms with Gasteiger partial charge in [0.25, 0.3) is 0 Å².